The summed E-state index contributed by atoms with van der Waals surface area (Å²) in [5.74, 6) is 0.0476. The maximum atomic E-state index is 13.6. The van der Waals surface area contributed by atoms with Gasteiger partial charge in [-0.25, -0.2) is 9.37 Å². The molecule has 0 spiro atoms. The maximum Gasteiger partial charge on any atom is 0.240 e. The molecule has 7 heteroatoms. The molecule has 1 aliphatic rings. The van der Waals surface area contributed by atoms with Crippen molar-refractivity contribution in [3.63, 3.8) is 0 Å². The summed E-state index contributed by atoms with van der Waals surface area (Å²) in [6.07, 6.45) is 4.53. The summed E-state index contributed by atoms with van der Waals surface area (Å²) in [6.45, 7) is 6.04. The summed E-state index contributed by atoms with van der Waals surface area (Å²) in [5.41, 5.74) is 4.13. The number of aryl methyl sites for hydroxylation is 2. The molecule has 1 amide bonds. The van der Waals surface area contributed by atoms with Crippen LogP contribution in [0.15, 0.2) is 42.6 Å². The molecule has 0 unspecified atom stereocenters. The van der Waals surface area contributed by atoms with Crippen LogP contribution in [0.1, 0.15) is 46.2 Å². The molecule has 1 aromatic carbocycles. The molecule has 2 aromatic heterocycles. The number of carbonyl (C=O) groups is 1. The van der Waals surface area contributed by atoms with Crippen LogP contribution in [-0.4, -0.2) is 40.4 Å². The molecule has 31 heavy (non-hydrogen) atoms. The molecule has 0 saturated carbocycles. The average Bonchev–Trinajstić information content (AvgIpc) is 3.12. The van der Waals surface area contributed by atoms with E-state index in [1.807, 2.05) is 19.9 Å². The van der Waals surface area contributed by atoms with Crippen molar-refractivity contribution in [2.24, 2.45) is 0 Å². The number of benzene rings is 1. The van der Waals surface area contributed by atoms with Crippen LogP contribution in [0.3, 0.4) is 0 Å². The summed E-state index contributed by atoms with van der Waals surface area (Å²) in [6, 6.07) is 11.0. The first-order chi connectivity index (χ1) is 14.9. The number of hydrogen-bond acceptors (Lipinski definition) is 5. The lowest BCUT2D eigenvalue weighted by Gasteiger charge is -2.32. The van der Waals surface area contributed by atoms with E-state index in [9.17, 15) is 9.18 Å². The molecule has 4 rings (SSSR count). The molecule has 1 N–H and O–H groups in total. The average molecular weight is 439 g/mol. The zero-order valence-corrected chi connectivity index (χ0v) is 18.7. The van der Waals surface area contributed by atoms with Crippen LogP contribution in [0.4, 0.5) is 9.52 Å². The Morgan fingerprint density at radius 1 is 1.26 bits per heavy atom. The molecule has 0 aliphatic carbocycles. The van der Waals surface area contributed by atoms with Gasteiger partial charge >= 0.3 is 0 Å². The third-order valence-corrected chi connectivity index (χ3v) is 6.32. The molecule has 1 fully saturated rings. The molecule has 1 aliphatic heterocycles. The minimum Gasteiger partial charge on any atom is -0.301 e. The second-order valence-corrected chi connectivity index (χ2v) is 9.48. The number of rotatable bonds is 6. The fourth-order valence-corrected chi connectivity index (χ4v) is 4.86. The Labute approximate surface area is 186 Å². The van der Waals surface area contributed by atoms with Crippen molar-refractivity contribution >= 4 is 22.4 Å². The van der Waals surface area contributed by atoms with Crippen LogP contribution in [0, 0.1) is 19.7 Å². The number of nitrogens with zero attached hydrogens (tertiary/aromatic N) is 3. The lowest BCUT2D eigenvalue weighted by molar-refractivity contribution is -0.117. The Morgan fingerprint density at radius 3 is 2.90 bits per heavy atom. The van der Waals surface area contributed by atoms with Gasteiger partial charge in [0.1, 0.15) is 5.82 Å². The third-order valence-electron chi connectivity index (χ3n) is 5.49. The van der Waals surface area contributed by atoms with E-state index in [0.29, 0.717) is 18.1 Å². The van der Waals surface area contributed by atoms with Crippen molar-refractivity contribution in [2.75, 3.05) is 25.0 Å². The summed E-state index contributed by atoms with van der Waals surface area (Å²) in [4.78, 5) is 24.7. The maximum absolute atomic E-state index is 13.6. The Morgan fingerprint density at radius 2 is 2.13 bits per heavy atom. The highest BCUT2D eigenvalue weighted by Gasteiger charge is 2.24. The molecule has 0 bridgehead atoms. The molecule has 3 heterocycles. The van der Waals surface area contributed by atoms with Crippen molar-refractivity contribution in [1.82, 2.24) is 14.9 Å². The SMILES string of the molecule is Cc1cc(Cc2cccc(F)c2)cc([C@H]2CCCN(CC(=O)Nc3ncc(C)s3)C2)n1. The van der Waals surface area contributed by atoms with E-state index in [0.717, 1.165) is 53.3 Å². The van der Waals surface area contributed by atoms with Gasteiger partial charge in [-0.05, 0) is 75.0 Å². The summed E-state index contributed by atoms with van der Waals surface area (Å²) in [5, 5.41) is 3.55. The van der Waals surface area contributed by atoms with Crippen molar-refractivity contribution in [2.45, 2.75) is 39.0 Å². The van der Waals surface area contributed by atoms with E-state index < -0.39 is 0 Å². The molecule has 5 nitrogen and oxygen atoms in total. The number of likely N-dealkylation sites (tertiary alicyclic amines) is 1. The van der Waals surface area contributed by atoms with Crippen LogP contribution >= 0.6 is 11.3 Å². The number of amides is 1. The standard InChI is InChI=1S/C24H27FN4OS/c1-16-9-19(10-18-5-3-7-21(25)11-18)12-22(27-16)20-6-4-8-29(14-20)15-23(30)28-24-26-13-17(2)31-24/h3,5,7,9,11-13,20H,4,6,8,10,14-15H2,1-2H3,(H,26,28,30)/t20-/m0/s1. The predicted molar refractivity (Wildman–Crippen MR) is 122 cm³/mol. The van der Waals surface area contributed by atoms with E-state index in [2.05, 4.69) is 27.3 Å². The first-order valence-electron chi connectivity index (χ1n) is 10.6. The number of pyridine rings is 1. The number of thiazole rings is 1. The molecule has 162 valence electrons. The third kappa shape index (κ3) is 5.95. The van der Waals surface area contributed by atoms with Gasteiger partial charge in [0.2, 0.25) is 5.91 Å². The highest BCUT2D eigenvalue weighted by molar-refractivity contribution is 7.15. The Bertz CT molecular complexity index is 1070. The number of nitrogens with one attached hydrogen (secondary N) is 1. The second kappa shape index (κ2) is 9.66. The lowest BCUT2D eigenvalue weighted by atomic mass is 9.92. The largest absolute Gasteiger partial charge is 0.301 e. The monoisotopic (exact) mass is 438 g/mol. The quantitative estimate of drug-likeness (QED) is 0.606. The molecular weight excluding hydrogens is 411 g/mol. The molecule has 3 aromatic rings. The zero-order chi connectivity index (χ0) is 21.8. The van der Waals surface area contributed by atoms with E-state index in [1.165, 1.54) is 17.4 Å². The topological polar surface area (TPSA) is 58.1 Å². The summed E-state index contributed by atoms with van der Waals surface area (Å²) >= 11 is 1.49. The Hall–Kier alpha value is -2.64. The predicted octanol–water partition coefficient (Wildman–Crippen LogP) is 4.70. The van der Waals surface area contributed by atoms with Crippen LogP contribution < -0.4 is 5.32 Å². The molecule has 0 radical (unpaired) electrons. The number of anilines is 1. The van der Waals surface area contributed by atoms with Crippen LogP contribution in [0.2, 0.25) is 0 Å². The smallest absolute Gasteiger partial charge is 0.240 e. The molecular formula is C24H27FN4OS. The van der Waals surface area contributed by atoms with Gasteiger partial charge in [-0.2, -0.15) is 0 Å². The number of halogens is 1. The van der Waals surface area contributed by atoms with Crippen molar-refractivity contribution in [3.8, 4) is 0 Å². The van der Waals surface area contributed by atoms with Crippen molar-refractivity contribution < 1.29 is 9.18 Å². The van der Waals surface area contributed by atoms with Gasteiger partial charge in [0.05, 0.1) is 6.54 Å². The fraction of sp³-hybridized carbons (Fsp3) is 0.375. The van der Waals surface area contributed by atoms with Crippen molar-refractivity contribution in [3.05, 3.63) is 75.8 Å². The highest BCUT2D eigenvalue weighted by Crippen LogP contribution is 2.27. The van der Waals surface area contributed by atoms with Gasteiger partial charge in [0.15, 0.2) is 5.13 Å². The van der Waals surface area contributed by atoms with Crippen LogP contribution in [0.25, 0.3) is 0 Å². The van der Waals surface area contributed by atoms with Gasteiger partial charge in [-0.3, -0.25) is 14.7 Å². The van der Waals surface area contributed by atoms with Gasteiger partial charge in [0.25, 0.3) is 0 Å². The van der Waals surface area contributed by atoms with Gasteiger partial charge < -0.3 is 5.32 Å². The van der Waals surface area contributed by atoms with Crippen LogP contribution in [0.5, 0.6) is 0 Å². The number of carbonyl (C=O) groups excluding carboxylic acids is 1. The number of aromatic nitrogens is 2. The van der Waals surface area contributed by atoms with Gasteiger partial charge in [-0.1, -0.05) is 12.1 Å². The lowest BCUT2D eigenvalue weighted by Crippen LogP contribution is -2.40. The van der Waals surface area contributed by atoms with Crippen LogP contribution in [-0.2, 0) is 11.2 Å². The van der Waals surface area contributed by atoms with Gasteiger partial charge in [-0.15, -0.1) is 11.3 Å². The first kappa shape index (κ1) is 21.6. The van der Waals surface area contributed by atoms with E-state index in [-0.39, 0.29) is 17.6 Å². The summed E-state index contributed by atoms with van der Waals surface area (Å²) in [7, 11) is 0. The van der Waals surface area contributed by atoms with E-state index in [4.69, 9.17) is 4.98 Å². The van der Waals surface area contributed by atoms with Crippen molar-refractivity contribution in [1.29, 1.82) is 0 Å². The number of hydrogen-bond donors (Lipinski definition) is 1. The zero-order valence-electron chi connectivity index (χ0n) is 17.9. The first-order valence-corrected chi connectivity index (χ1v) is 11.4. The molecule has 1 atom stereocenters. The Balaban J connectivity index is 1.41. The number of piperidine rings is 1. The second-order valence-electron chi connectivity index (χ2n) is 8.25. The van der Waals surface area contributed by atoms with E-state index >= 15 is 0 Å². The minimum atomic E-state index is -0.211. The highest BCUT2D eigenvalue weighted by atomic mass is 32.1. The molecule has 1 saturated heterocycles. The van der Waals surface area contributed by atoms with E-state index in [1.54, 1.807) is 18.3 Å². The fourth-order valence-electron chi connectivity index (χ4n) is 4.18. The normalized spacial score (nSPS) is 16.9. The van der Waals surface area contributed by atoms with Gasteiger partial charge in [0, 0.05) is 34.9 Å². The summed E-state index contributed by atoms with van der Waals surface area (Å²) < 4.78 is 13.6. The minimum absolute atomic E-state index is 0.0287. The Kier molecular flexibility index (Phi) is 6.73.